The molecule has 50 heavy (non-hydrogen) atoms. The van der Waals surface area contributed by atoms with Crippen LogP contribution in [0.25, 0.3) is 0 Å². The summed E-state index contributed by atoms with van der Waals surface area (Å²) in [7, 11) is 0. The number of ketones is 1. The number of hydrogen-bond acceptors (Lipinski definition) is 7. The molecule has 2 aliphatic rings. The zero-order valence-electron chi connectivity index (χ0n) is 29.6. The maximum Gasteiger partial charge on any atom is 0.411 e. The summed E-state index contributed by atoms with van der Waals surface area (Å²) in [6.45, 7) is 12.2. The molecule has 2 atom stereocenters. The number of alkyl halides is 1. The minimum absolute atomic E-state index is 0.0332. The summed E-state index contributed by atoms with van der Waals surface area (Å²) in [6.07, 6.45) is 3.72. The van der Waals surface area contributed by atoms with Crippen molar-refractivity contribution in [2.45, 2.75) is 87.0 Å². The fourth-order valence-corrected chi connectivity index (χ4v) is 7.41. The Bertz CT molecular complexity index is 1760. The molecule has 0 radical (unpaired) electrons. The summed E-state index contributed by atoms with van der Waals surface area (Å²) in [6, 6.07) is 21.5. The molecule has 0 spiro atoms. The van der Waals surface area contributed by atoms with E-state index in [1.54, 1.807) is 20.8 Å². The monoisotopic (exact) mass is 813 g/mol. The van der Waals surface area contributed by atoms with Crippen molar-refractivity contribution in [1.29, 1.82) is 0 Å². The number of nitrogens with zero attached hydrogens (tertiary/aromatic N) is 1. The number of carbonyl (C=O) groups excluding carboxylic acids is 3. The summed E-state index contributed by atoms with van der Waals surface area (Å²) in [5, 5.41) is 6.95. The Hall–Kier alpha value is -3.58. The molecule has 1 saturated heterocycles. The summed E-state index contributed by atoms with van der Waals surface area (Å²) < 4.78 is 24.0. The van der Waals surface area contributed by atoms with Gasteiger partial charge in [0.25, 0.3) is 0 Å². The minimum atomic E-state index is -1.03. The van der Waals surface area contributed by atoms with Crippen LogP contribution in [0.2, 0.25) is 0 Å². The summed E-state index contributed by atoms with van der Waals surface area (Å²) in [5.74, 6) is -0.640. The number of rotatable bonds is 11. The fraction of sp³-hybridized carbons (Fsp3) is 0.410. The number of carbonyl (C=O) groups is 3. The third-order valence-electron chi connectivity index (χ3n) is 8.83. The van der Waals surface area contributed by atoms with E-state index in [9.17, 15) is 18.8 Å². The highest BCUT2D eigenvalue weighted by atomic mass is 127. The molecule has 3 aromatic carbocycles. The van der Waals surface area contributed by atoms with Gasteiger partial charge in [-0.05, 0) is 98.4 Å². The van der Waals surface area contributed by atoms with Gasteiger partial charge in [-0.3, -0.25) is 9.69 Å². The van der Waals surface area contributed by atoms with Crippen molar-refractivity contribution in [1.82, 2.24) is 10.2 Å². The fourth-order valence-electron chi connectivity index (χ4n) is 5.98. The lowest BCUT2D eigenvalue weighted by Crippen LogP contribution is -2.56. The topological polar surface area (TPSA) is 97.0 Å². The van der Waals surface area contributed by atoms with Gasteiger partial charge in [0, 0.05) is 23.7 Å². The second kappa shape index (κ2) is 14.6. The molecule has 266 valence electrons. The number of hydrogen-bond donors (Lipinski definition) is 2. The number of ether oxygens (including phenoxy) is 2. The van der Waals surface area contributed by atoms with Crippen LogP contribution in [0.4, 0.5) is 19.7 Å². The van der Waals surface area contributed by atoms with E-state index in [2.05, 4.69) is 78.3 Å². The van der Waals surface area contributed by atoms with Crippen LogP contribution in [0.3, 0.4) is 0 Å². The van der Waals surface area contributed by atoms with Crippen molar-refractivity contribution in [3.8, 4) is 0 Å². The highest BCUT2D eigenvalue weighted by Crippen LogP contribution is 2.53. The molecule has 5 rings (SSSR count). The average Bonchev–Trinajstić information content (AvgIpc) is 3.74. The average molecular weight is 814 g/mol. The van der Waals surface area contributed by atoms with E-state index < -0.39 is 38.8 Å². The van der Waals surface area contributed by atoms with Crippen molar-refractivity contribution in [2.75, 3.05) is 18.1 Å². The van der Waals surface area contributed by atoms with Crippen molar-refractivity contribution in [3.05, 3.63) is 112 Å². The molecule has 8 nitrogen and oxygen atoms in total. The van der Waals surface area contributed by atoms with Crippen molar-refractivity contribution in [2.24, 2.45) is 0 Å². The number of benzene rings is 3. The van der Waals surface area contributed by atoms with Crippen molar-refractivity contribution >= 4 is 58.0 Å². The highest BCUT2D eigenvalue weighted by Gasteiger charge is 2.58. The number of halogens is 2. The van der Waals surface area contributed by atoms with Crippen LogP contribution in [0.5, 0.6) is 0 Å². The van der Waals surface area contributed by atoms with Gasteiger partial charge in [-0.2, -0.15) is 0 Å². The Balaban J connectivity index is 1.35. The first-order chi connectivity index (χ1) is 23.4. The maximum atomic E-state index is 13.6. The SMILES string of the molecule is CSC(=CC(=O)c1ccc(F)cc1)Nc1ccc(C[C@@](I)(NC(=O)OC(C)(C)C)C2CN(C3(c4cccc(C(C)(C)C)c4)CC3)C(=O)O2)cc1. The van der Waals surface area contributed by atoms with Crippen LogP contribution >= 0.6 is 34.4 Å². The molecule has 1 aliphatic heterocycles. The number of alkyl carbamates (subject to hydrolysis) is 1. The van der Waals surface area contributed by atoms with Crippen LogP contribution in [0.15, 0.2) is 83.9 Å². The molecule has 1 aliphatic carbocycles. The van der Waals surface area contributed by atoms with Crippen LogP contribution in [-0.2, 0) is 26.8 Å². The summed E-state index contributed by atoms with van der Waals surface area (Å²) in [5.41, 5.74) is 3.16. The lowest BCUT2D eigenvalue weighted by Gasteiger charge is -2.34. The molecule has 3 aromatic rings. The minimum Gasteiger partial charge on any atom is -0.444 e. The normalized spacial score (nSPS) is 18.6. The van der Waals surface area contributed by atoms with E-state index in [4.69, 9.17) is 9.47 Å². The Kier molecular flexibility index (Phi) is 11.0. The van der Waals surface area contributed by atoms with E-state index in [1.165, 1.54) is 47.7 Å². The zero-order chi connectivity index (χ0) is 36.5. The molecular weight excluding hydrogens is 768 g/mol. The quantitative estimate of drug-likeness (QED) is 0.0655. The molecule has 1 heterocycles. The largest absolute Gasteiger partial charge is 0.444 e. The molecule has 2 N–H and O–H groups in total. The lowest BCUT2D eigenvalue weighted by atomic mass is 9.85. The summed E-state index contributed by atoms with van der Waals surface area (Å²) in [4.78, 5) is 41.4. The molecule has 0 bridgehead atoms. The Morgan fingerprint density at radius 2 is 1.70 bits per heavy atom. The van der Waals surface area contributed by atoms with Gasteiger partial charge in [0.15, 0.2) is 11.9 Å². The molecule has 0 aromatic heterocycles. The molecule has 11 heteroatoms. The van der Waals surface area contributed by atoms with Gasteiger partial charge in [-0.25, -0.2) is 14.0 Å². The number of nitrogens with one attached hydrogen (secondary N) is 2. The van der Waals surface area contributed by atoms with Crippen LogP contribution < -0.4 is 10.6 Å². The van der Waals surface area contributed by atoms with Crippen molar-refractivity contribution in [3.63, 3.8) is 0 Å². The smallest absolute Gasteiger partial charge is 0.411 e. The molecule has 2 amide bonds. The lowest BCUT2D eigenvalue weighted by molar-refractivity contribution is 0.0421. The van der Waals surface area contributed by atoms with E-state index in [1.807, 2.05) is 35.4 Å². The molecule has 2 fully saturated rings. The number of anilines is 1. The number of amides is 2. The van der Waals surface area contributed by atoms with E-state index in [-0.39, 0.29) is 11.2 Å². The summed E-state index contributed by atoms with van der Waals surface area (Å²) >= 11 is 3.58. The zero-order valence-corrected chi connectivity index (χ0v) is 32.5. The van der Waals surface area contributed by atoms with Gasteiger partial charge in [0.05, 0.1) is 17.1 Å². The third kappa shape index (κ3) is 9.01. The van der Waals surface area contributed by atoms with E-state index in [0.717, 1.165) is 29.7 Å². The Morgan fingerprint density at radius 3 is 2.28 bits per heavy atom. The highest BCUT2D eigenvalue weighted by molar-refractivity contribution is 14.1. The first-order valence-electron chi connectivity index (χ1n) is 16.6. The van der Waals surface area contributed by atoms with Gasteiger partial charge in [0.2, 0.25) is 0 Å². The number of allylic oxidation sites excluding steroid dienone is 1. The van der Waals surface area contributed by atoms with Gasteiger partial charge in [-0.15, -0.1) is 11.8 Å². The standard InChI is InChI=1S/C39H45FIN3O5S/c1-36(2,3)27-9-8-10-28(21-27)38(19-20-38)44-24-32(48-35(44)47)39(41,43-34(46)49-37(4,5)6)23-25-11-17-30(18-12-25)42-33(50-7)22-31(45)26-13-15-29(40)16-14-26/h8-18,21-22,32,42H,19-20,23-24H2,1-7H3,(H,43,46)/t32?,39-/m1/s1. The van der Waals surface area contributed by atoms with Crippen LogP contribution in [0.1, 0.15) is 81.4 Å². The first-order valence-corrected chi connectivity index (χ1v) is 18.9. The van der Waals surface area contributed by atoms with Crippen molar-refractivity contribution < 1.29 is 28.2 Å². The van der Waals surface area contributed by atoms with Crippen LogP contribution in [-0.4, -0.2) is 50.9 Å². The predicted molar refractivity (Wildman–Crippen MR) is 205 cm³/mol. The van der Waals surface area contributed by atoms with E-state index in [0.29, 0.717) is 23.6 Å². The second-order valence-electron chi connectivity index (χ2n) is 14.9. The molecular formula is C39H45FIN3O5S. The second-order valence-corrected chi connectivity index (χ2v) is 17.7. The molecule has 1 saturated carbocycles. The van der Waals surface area contributed by atoms with Gasteiger partial charge >= 0.3 is 12.2 Å². The third-order valence-corrected chi connectivity index (χ3v) is 10.8. The van der Waals surface area contributed by atoms with Gasteiger partial charge < -0.3 is 20.1 Å². The van der Waals surface area contributed by atoms with Gasteiger partial charge in [-0.1, -0.05) is 79.8 Å². The Morgan fingerprint density at radius 1 is 1.04 bits per heavy atom. The van der Waals surface area contributed by atoms with Gasteiger partial charge in [0.1, 0.15) is 15.0 Å². The first kappa shape index (κ1) is 37.7. The number of cyclic esters (lactones) is 1. The molecule has 1 unspecified atom stereocenters. The van der Waals surface area contributed by atoms with E-state index >= 15 is 0 Å². The van der Waals surface area contributed by atoms with Crippen LogP contribution in [0, 0.1) is 5.82 Å². The Labute approximate surface area is 312 Å². The maximum absolute atomic E-state index is 13.6. The number of thioether (sulfide) groups is 1. The predicted octanol–water partition coefficient (Wildman–Crippen LogP) is 9.33.